The molecule has 0 aliphatic heterocycles. The molecule has 2 aromatic heterocycles. The van der Waals surface area contributed by atoms with E-state index in [1.54, 1.807) is 42.7 Å². The third-order valence-corrected chi connectivity index (χ3v) is 5.04. The van der Waals surface area contributed by atoms with E-state index in [4.69, 9.17) is 22.7 Å². The van der Waals surface area contributed by atoms with Crippen molar-refractivity contribution in [1.82, 2.24) is 20.3 Å². The first-order valence-electron chi connectivity index (χ1n) is 9.27. The first-order chi connectivity index (χ1) is 14.4. The zero-order chi connectivity index (χ0) is 21.3. The number of rotatable bonds is 5. The molecule has 0 aliphatic carbocycles. The average molecular weight is 419 g/mol. The molecule has 0 aliphatic rings. The smallest absolute Gasteiger partial charge is 0.287 e. The van der Waals surface area contributed by atoms with Crippen molar-refractivity contribution in [2.24, 2.45) is 0 Å². The van der Waals surface area contributed by atoms with Crippen LogP contribution in [0.4, 0.5) is 5.69 Å². The zero-order valence-corrected chi connectivity index (χ0v) is 16.9. The first-order valence-corrected chi connectivity index (χ1v) is 9.65. The van der Waals surface area contributed by atoms with Crippen LogP contribution in [0.3, 0.4) is 0 Å². The number of benzene rings is 2. The van der Waals surface area contributed by atoms with Crippen LogP contribution in [0.5, 0.6) is 0 Å². The minimum atomic E-state index is -0.344. The van der Waals surface area contributed by atoms with Gasteiger partial charge in [-0.15, -0.1) is 0 Å². The molecule has 1 atom stereocenters. The molecule has 2 aromatic carbocycles. The van der Waals surface area contributed by atoms with E-state index >= 15 is 0 Å². The standard InChI is InChI=1S/C22H19ClN6O/c1-12(14-3-2-4-15(23)9-14)27-22(30)21-28-18-10-16(17(24)11-19(18)29-21)20(25)13-5-7-26-8-6-13/h2-12,25H,24H2,1H3,(H,27,30)(H,28,29). The predicted molar refractivity (Wildman–Crippen MR) is 118 cm³/mol. The van der Waals surface area contributed by atoms with Crippen LogP contribution in [-0.2, 0) is 0 Å². The molecular formula is C22H19ClN6O. The Bertz CT molecular complexity index is 1250. The van der Waals surface area contributed by atoms with Gasteiger partial charge < -0.3 is 16.0 Å². The Hall–Kier alpha value is -3.71. The predicted octanol–water partition coefficient (Wildman–Crippen LogP) is 4.10. The summed E-state index contributed by atoms with van der Waals surface area (Å²) in [5.41, 5.74) is 10.2. The number of hydrogen-bond acceptors (Lipinski definition) is 5. The summed E-state index contributed by atoms with van der Waals surface area (Å²) >= 11 is 6.03. The van der Waals surface area contributed by atoms with Crippen LogP contribution in [0, 0.1) is 5.41 Å². The number of imidazole rings is 1. The van der Waals surface area contributed by atoms with E-state index in [0.717, 1.165) is 5.56 Å². The Balaban J connectivity index is 1.60. The fourth-order valence-electron chi connectivity index (χ4n) is 3.20. The third-order valence-electron chi connectivity index (χ3n) is 4.80. The molecule has 8 heteroatoms. The van der Waals surface area contributed by atoms with Crippen molar-refractivity contribution >= 4 is 39.9 Å². The van der Waals surface area contributed by atoms with Crippen molar-refractivity contribution in [3.05, 3.63) is 88.5 Å². The maximum absolute atomic E-state index is 12.7. The van der Waals surface area contributed by atoms with Crippen LogP contribution in [0.25, 0.3) is 11.0 Å². The largest absolute Gasteiger partial charge is 0.398 e. The summed E-state index contributed by atoms with van der Waals surface area (Å²) in [7, 11) is 0. The highest BCUT2D eigenvalue weighted by molar-refractivity contribution is 6.30. The van der Waals surface area contributed by atoms with Gasteiger partial charge in [-0.3, -0.25) is 15.2 Å². The molecule has 0 spiro atoms. The van der Waals surface area contributed by atoms with Gasteiger partial charge in [0.05, 0.1) is 22.8 Å². The molecule has 4 aromatic rings. The molecule has 0 fully saturated rings. The Labute approximate surface area is 177 Å². The highest BCUT2D eigenvalue weighted by atomic mass is 35.5. The van der Waals surface area contributed by atoms with Gasteiger partial charge in [0.15, 0.2) is 5.82 Å². The van der Waals surface area contributed by atoms with Crippen molar-refractivity contribution in [2.75, 3.05) is 5.73 Å². The third kappa shape index (κ3) is 3.88. The first kappa shape index (κ1) is 19.6. The molecule has 0 saturated heterocycles. The molecular weight excluding hydrogens is 400 g/mol. The van der Waals surface area contributed by atoms with Crippen LogP contribution in [-0.4, -0.2) is 26.6 Å². The molecule has 2 heterocycles. The minimum absolute atomic E-state index is 0.172. The van der Waals surface area contributed by atoms with Crippen LogP contribution in [0.15, 0.2) is 60.9 Å². The van der Waals surface area contributed by atoms with Crippen LogP contribution >= 0.6 is 11.6 Å². The van der Waals surface area contributed by atoms with Crippen molar-refractivity contribution in [3.63, 3.8) is 0 Å². The van der Waals surface area contributed by atoms with E-state index < -0.39 is 0 Å². The summed E-state index contributed by atoms with van der Waals surface area (Å²) in [5, 5.41) is 12.0. The number of amides is 1. The molecule has 30 heavy (non-hydrogen) atoms. The second-order valence-corrected chi connectivity index (χ2v) is 7.34. The molecule has 1 amide bonds. The average Bonchev–Trinajstić information content (AvgIpc) is 3.16. The number of pyridine rings is 1. The fourth-order valence-corrected chi connectivity index (χ4v) is 3.39. The van der Waals surface area contributed by atoms with Crippen LogP contribution in [0.1, 0.15) is 40.3 Å². The quantitative estimate of drug-likeness (QED) is 0.288. The number of aromatic nitrogens is 3. The van der Waals surface area contributed by atoms with Crippen molar-refractivity contribution < 1.29 is 4.79 Å². The number of nitrogen functional groups attached to an aromatic ring is 1. The molecule has 0 radical (unpaired) electrons. The van der Waals surface area contributed by atoms with Gasteiger partial charge in [-0.05, 0) is 48.9 Å². The number of carbonyl (C=O) groups excluding carboxylic acids is 1. The summed E-state index contributed by atoms with van der Waals surface area (Å²) in [5.74, 6) is -0.172. The van der Waals surface area contributed by atoms with Gasteiger partial charge in [-0.1, -0.05) is 23.7 Å². The number of fused-ring (bicyclic) bond motifs is 1. The van der Waals surface area contributed by atoms with E-state index in [1.807, 2.05) is 25.1 Å². The highest BCUT2D eigenvalue weighted by Gasteiger charge is 2.17. The normalized spacial score (nSPS) is 11.9. The number of nitrogens with one attached hydrogen (secondary N) is 3. The van der Waals surface area contributed by atoms with Gasteiger partial charge in [-0.25, -0.2) is 4.98 Å². The van der Waals surface area contributed by atoms with Gasteiger partial charge in [0.2, 0.25) is 0 Å². The molecule has 0 bridgehead atoms. The van der Waals surface area contributed by atoms with Gasteiger partial charge in [0.25, 0.3) is 5.91 Å². The second-order valence-electron chi connectivity index (χ2n) is 6.90. The van der Waals surface area contributed by atoms with E-state index in [9.17, 15) is 4.79 Å². The monoisotopic (exact) mass is 418 g/mol. The summed E-state index contributed by atoms with van der Waals surface area (Å²) in [6.07, 6.45) is 3.24. The van der Waals surface area contributed by atoms with Gasteiger partial charge >= 0.3 is 0 Å². The number of aromatic amines is 1. The lowest BCUT2D eigenvalue weighted by molar-refractivity contribution is 0.0930. The van der Waals surface area contributed by atoms with Crippen molar-refractivity contribution in [3.8, 4) is 0 Å². The number of nitrogens with zero attached hydrogens (tertiary/aromatic N) is 2. The Morgan fingerprint density at radius 3 is 2.70 bits per heavy atom. The number of carbonyl (C=O) groups is 1. The number of anilines is 1. The Kier molecular flexibility index (Phi) is 5.20. The van der Waals surface area contributed by atoms with Crippen LogP contribution < -0.4 is 11.1 Å². The topological polar surface area (TPSA) is 121 Å². The summed E-state index contributed by atoms with van der Waals surface area (Å²) in [6.45, 7) is 1.87. The van der Waals surface area contributed by atoms with E-state index in [-0.39, 0.29) is 23.5 Å². The number of halogens is 1. The number of H-pyrrole nitrogens is 1. The maximum Gasteiger partial charge on any atom is 0.287 e. The molecule has 4 rings (SSSR count). The van der Waals surface area contributed by atoms with E-state index in [2.05, 4.69) is 20.3 Å². The molecule has 1 unspecified atom stereocenters. The van der Waals surface area contributed by atoms with Gasteiger partial charge in [0.1, 0.15) is 0 Å². The lowest BCUT2D eigenvalue weighted by Gasteiger charge is -2.13. The molecule has 150 valence electrons. The van der Waals surface area contributed by atoms with Crippen LogP contribution in [0.2, 0.25) is 5.02 Å². The SMILES string of the molecule is CC(NC(=O)c1nc2cc(C(=N)c3ccncc3)c(N)cc2[nH]1)c1cccc(Cl)c1. The fraction of sp³-hybridized carbons (Fsp3) is 0.0909. The van der Waals surface area contributed by atoms with E-state index in [1.165, 1.54) is 0 Å². The Morgan fingerprint density at radius 1 is 1.20 bits per heavy atom. The molecule has 0 saturated carbocycles. The minimum Gasteiger partial charge on any atom is -0.398 e. The van der Waals surface area contributed by atoms with Gasteiger partial charge in [-0.2, -0.15) is 0 Å². The summed E-state index contributed by atoms with van der Waals surface area (Å²) in [6, 6.07) is 14.0. The maximum atomic E-state index is 12.7. The summed E-state index contributed by atoms with van der Waals surface area (Å²) in [4.78, 5) is 24.1. The summed E-state index contributed by atoms with van der Waals surface area (Å²) < 4.78 is 0. The number of hydrogen-bond donors (Lipinski definition) is 4. The Morgan fingerprint density at radius 2 is 1.97 bits per heavy atom. The molecule has 5 N–H and O–H groups in total. The van der Waals surface area contributed by atoms with Gasteiger partial charge in [0, 0.05) is 34.2 Å². The molecule has 7 nitrogen and oxygen atoms in total. The number of nitrogens with two attached hydrogens (primary N) is 1. The second kappa shape index (κ2) is 7.96. The lowest BCUT2D eigenvalue weighted by Crippen LogP contribution is -2.27. The zero-order valence-electron chi connectivity index (χ0n) is 16.1. The van der Waals surface area contributed by atoms with Crippen molar-refractivity contribution in [1.29, 1.82) is 5.41 Å². The van der Waals surface area contributed by atoms with E-state index in [0.29, 0.717) is 32.9 Å². The van der Waals surface area contributed by atoms with Crippen molar-refractivity contribution in [2.45, 2.75) is 13.0 Å². The highest BCUT2D eigenvalue weighted by Crippen LogP contribution is 2.23. The lowest BCUT2D eigenvalue weighted by atomic mass is 10.0.